The summed E-state index contributed by atoms with van der Waals surface area (Å²) in [4.78, 5) is 27.6. The van der Waals surface area contributed by atoms with Crippen molar-refractivity contribution < 1.29 is 23.1 Å². The molecule has 1 aromatic rings. The van der Waals surface area contributed by atoms with Gasteiger partial charge in [-0.05, 0) is 12.1 Å². The number of hydrogen-bond acceptors (Lipinski definition) is 6. The lowest BCUT2D eigenvalue weighted by molar-refractivity contribution is -0.137. The van der Waals surface area contributed by atoms with Crippen LogP contribution in [0.5, 0.6) is 0 Å². The predicted octanol–water partition coefficient (Wildman–Crippen LogP) is -0.741. The lowest BCUT2D eigenvalue weighted by Crippen LogP contribution is -2.49. The molecule has 1 saturated heterocycles. The Kier molecular flexibility index (Phi) is 4.12. The molecule has 0 radical (unpaired) electrons. The number of hydrogen-bond donors (Lipinski definition) is 2. The van der Waals surface area contributed by atoms with E-state index in [0.717, 1.165) is 0 Å². The van der Waals surface area contributed by atoms with Gasteiger partial charge in [-0.1, -0.05) is 0 Å². The summed E-state index contributed by atoms with van der Waals surface area (Å²) in [6.07, 6.45) is 1.09. The Morgan fingerprint density at radius 1 is 1.48 bits per heavy atom. The molecule has 1 fully saturated rings. The van der Waals surface area contributed by atoms with E-state index in [1.807, 2.05) is 0 Å². The third kappa shape index (κ3) is 3.69. The minimum atomic E-state index is -3.26. The van der Waals surface area contributed by atoms with E-state index in [-0.39, 0.29) is 30.2 Å². The second-order valence-corrected chi connectivity index (χ2v) is 7.05. The van der Waals surface area contributed by atoms with Crippen molar-refractivity contribution in [2.75, 3.05) is 23.0 Å². The number of amides is 1. The van der Waals surface area contributed by atoms with Crippen LogP contribution in [0.1, 0.15) is 16.9 Å². The van der Waals surface area contributed by atoms with E-state index in [2.05, 4.69) is 4.98 Å². The molecule has 1 amide bonds. The summed E-state index contributed by atoms with van der Waals surface area (Å²) in [6.45, 7) is 0.169. The zero-order chi connectivity index (χ0) is 15.6. The quantitative estimate of drug-likeness (QED) is 0.748. The molecule has 1 aromatic heterocycles. The Morgan fingerprint density at radius 2 is 2.19 bits per heavy atom. The molecule has 2 heterocycles. The Morgan fingerprint density at radius 3 is 2.81 bits per heavy atom. The Balaban J connectivity index is 2.33. The second kappa shape index (κ2) is 5.68. The first-order valence-electron chi connectivity index (χ1n) is 6.23. The van der Waals surface area contributed by atoms with Gasteiger partial charge in [0.25, 0.3) is 5.91 Å². The molecule has 1 aliphatic heterocycles. The Labute approximate surface area is 121 Å². The number of aromatic nitrogens is 1. The highest BCUT2D eigenvalue weighted by atomic mass is 32.2. The molecular weight excluding hydrogens is 298 g/mol. The number of carbonyl (C=O) groups is 2. The number of carboxylic acid groups (broad SMARTS) is 1. The van der Waals surface area contributed by atoms with Crippen LogP contribution in [0.4, 0.5) is 5.69 Å². The van der Waals surface area contributed by atoms with Gasteiger partial charge in [0.05, 0.1) is 24.0 Å². The number of aliphatic carboxylic acids is 1. The first-order valence-corrected chi connectivity index (χ1v) is 8.05. The fraction of sp³-hybridized carbons (Fsp3) is 0.417. The fourth-order valence-corrected chi connectivity index (χ4v) is 3.86. The molecule has 21 heavy (non-hydrogen) atoms. The van der Waals surface area contributed by atoms with Crippen molar-refractivity contribution in [3.8, 4) is 0 Å². The molecular formula is C12H15N3O5S. The minimum absolute atomic E-state index is 0.0509. The number of carboxylic acids is 1. The molecule has 0 spiro atoms. The van der Waals surface area contributed by atoms with Crippen LogP contribution in [-0.4, -0.2) is 54.5 Å². The molecule has 0 bridgehead atoms. The number of sulfone groups is 1. The van der Waals surface area contributed by atoms with E-state index >= 15 is 0 Å². The Bertz CT molecular complexity index is 673. The normalized spacial score (nSPS) is 21.0. The molecule has 1 unspecified atom stereocenters. The van der Waals surface area contributed by atoms with Gasteiger partial charge < -0.3 is 15.7 Å². The predicted molar refractivity (Wildman–Crippen MR) is 74.8 cm³/mol. The highest BCUT2D eigenvalue weighted by Crippen LogP contribution is 2.23. The van der Waals surface area contributed by atoms with Crippen LogP contribution in [0.15, 0.2) is 18.3 Å². The van der Waals surface area contributed by atoms with Crippen LogP contribution in [0.2, 0.25) is 0 Å². The summed E-state index contributed by atoms with van der Waals surface area (Å²) >= 11 is 0. The summed E-state index contributed by atoms with van der Waals surface area (Å²) in [7, 11) is -3.26. The van der Waals surface area contributed by atoms with Crippen molar-refractivity contribution >= 4 is 27.4 Å². The van der Waals surface area contributed by atoms with E-state index in [9.17, 15) is 18.0 Å². The Hall–Kier alpha value is -2.16. The van der Waals surface area contributed by atoms with Crippen molar-refractivity contribution in [2.24, 2.45) is 5.73 Å². The molecule has 1 aliphatic rings. The monoisotopic (exact) mass is 313 g/mol. The fourth-order valence-electron chi connectivity index (χ4n) is 2.33. The van der Waals surface area contributed by atoms with E-state index in [1.165, 1.54) is 12.3 Å². The lowest BCUT2D eigenvalue weighted by atomic mass is 10.1. The van der Waals surface area contributed by atoms with Gasteiger partial charge in [0.2, 0.25) is 0 Å². The van der Waals surface area contributed by atoms with Crippen molar-refractivity contribution in [2.45, 2.75) is 12.5 Å². The largest absolute Gasteiger partial charge is 0.481 e. The maximum absolute atomic E-state index is 11.7. The molecule has 2 rings (SSSR count). The van der Waals surface area contributed by atoms with E-state index in [1.54, 1.807) is 11.0 Å². The zero-order valence-corrected chi connectivity index (χ0v) is 11.9. The number of pyridine rings is 1. The summed E-state index contributed by atoms with van der Waals surface area (Å²) in [5, 5.41) is 8.94. The molecule has 3 N–H and O–H groups in total. The topological polar surface area (TPSA) is 131 Å². The molecule has 9 heteroatoms. The van der Waals surface area contributed by atoms with Crippen molar-refractivity contribution in [1.82, 2.24) is 4.98 Å². The van der Waals surface area contributed by atoms with Crippen molar-refractivity contribution in [3.05, 3.63) is 24.0 Å². The van der Waals surface area contributed by atoms with Gasteiger partial charge in [-0.15, -0.1) is 0 Å². The smallest absolute Gasteiger partial charge is 0.305 e. The van der Waals surface area contributed by atoms with Gasteiger partial charge >= 0.3 is 5.97 Å². The summed E-state index contributed by atoms with van der Waals surface area (Å²) in [6, 6.07) is 2.36. The van der Waals surface area contributed by atoms with E-state index in [0.29, 0.717) is 5.69 Å². The van der Waals surface area contributed by atoms with Crippen LogP contribution >= 0.6 is 0 Å². The standard InChI is InChI=1S/C12H15N3O5S/c13-12(18)10-5-8(1-2-14-10)15-3-4-21(19,20)7-9(15)6-11(16)17/h1-2,5,9H,3-4,6-7H2,(H2,13,18)(H,16,17). The van der Waals surface area contributed by atoms with Gasteiger partial charge in [0.1, 0.15) is 5.69 Å². The molecule has 0 aliphatic carbocycles. The second-order valence-electron chi connectivity index (χ2n) is 4.82. The van der Waals surface area contributed by atoms with Gasteiger partial charge in [-0.3, -0.25) is 14.6 Å². The van der Waals surface area contributed by atoms with Crippen LogP contribution in [0.3, 0.4) is 0 Å². The van der Waals surface area contributed by atoms with Crippen LogP contribution in [0.25, 0.3) is 0 Å². The third-order valence-corrected chi connectivity index (χ3v) is 4.97. The first kappa shape index (κ1) is 15.2. The SMILES string of the molecule is NC(=O)c1cc(N2CCS(=O)(=O)CC2CC(=O)O)ccn1. The third-order valence-electron chi connectivity index (χ3n) is 3.27. The van der Waals surface area contributed by atoms with Crippen LogP contribution in [0, 0.1) is 0 Å². The highest BCUT2D eigenvalue weighted by Gasteiger charge is 2.33. The zero-order valence-electron chi connectivity index (χ0n) is 11.1. The van der Waals surface area contributed by atoms with Crippen LogP contribution < -0.4 is 10.6 Å². The first-order chi connectivity index (χ1) is 9.78. The van der Waals surface area contributed by atoms with E-state index < -0.39 is 27.8 Å². The summed E-state index contributed by atoms with van der Waals surface area (Å²) in [5.74, 6) is -2.06. The van der Waals surface area contributed by atoms with Gasteiger partial charge in [-0.25, -0.2) is 8.42 Å². The maximum Gasteiger partial charge on any atom is 0.305 e. The van der Waals surface area contributed by atoms with Gasteiger partial charge in [-0.2, -0.15) is 0 Å². The molecule has 0 saturated carbocycles. The number of nitrogens with two attached hydrogens (primary N) is 1. The number of primary amides is 1. The van der Waals surface area contributed by atoms with E-state index in [4.69, 9.17) is 10.8 Å². The minimum Gasteiger partial charge on any atom is -0.481 e. The van der Waals surface area contributed by atoms with Crippen molar-refractivity contribution in [1.29, 1.82) is 0 Å². The molecule has 0 aromatic carbocycles. The summed E-state index contributed by atoms with van der Waals surface area (Å²) in [5.41, 5.74) is 5.75. The number of carbonyl (C=O) groups excluding carboxylic acids is 1. The molecule has 114 valence electrons. The molecule has 8 nitrogen and oxygen atoms in total. The number of nitrogens with zero attached hydrogens (tertiary/aromatic N) is 2. The van der Waals surface area contributed by atoms with Gasteiger partial charge in [0, 0.05) is 18.4 Å². The van der Waals surface area contributed by atoms with Gasteiger partial charge in [0.15, 0.2) is 9.84 Å². The number of anilines is 1. The highest BCUT2D eigenvalue weighted by molar-refractivity contribution is 7.91. The number of rotatable bonds is 4. The molecule has 1 atom stereocenters. The van der Waals surface area contributed by atoms with Crippen LogP contribution in [-0.2, 0) is 14.6 Å². The van der Waals surface area contributed by atoms with Crippen molar-refractivity contribution in [3.63, 3.8) is 0 Å². The maximum atomic E-state index is 11.7. The average molecular weight is 313 g/mol. The average Bonchev–Trinajstić information content (AvgIpc) is 2.37. The lowest BCUT2D eigenvalue weighted by Gasteiger charge is -2.36. The summed E-state index contributed by atoms with van der Waals surface area (Å²) < 4.78 is 23.4.